The molecule has 0 spiro atoms. The monoisotopic (exact) mass is 222 g/mol. The average molecular weight is 222 g/mol. The molecular formula is C7H10O6S. The number of aliphatic hydroxyl groups excluding tert-OH is 1. The Morgan fingerprint density at radius 1 is 1.57 bits per heavy atom. The Kier molecular flexibility index (Phi) is 4.48. The van der Waals surface area contributed by atoms with Gasteiger partial charge in [-0.2, -0.15) is 8.42 Å². The molecule has 0 saturated heterocycles. The van der Waals surface area contributed by atoms with Crippen LogP contribution in [0.5, 0.6) is 0 Å². The zero-order valence-electron chi connectivity index (χ0n) is 7.37. The van der Waals surface area contributed by atoms with Gasteiger partial charge in [0.25, 0.3) is 0 Å². The number of carbonyl (C=O) groups is 1. The molecule has 2 N–H and O–H groups in total. The van der Waals surface area contributed by atoms with Gasteiger partial charge < -0.3 is 9.29 Å². The molecule has 7 heteroatoms. The highest BCUT2D eigenvalue weighted by molar-refractivity contribution is 7.81. The summed E-state index contributed by atoms with van der Waals surface area (Å²) in [6.07, 6.45) is 1.08. The Balaban J connectivity index is 4.56. The van der Waals surface area contributed by atoms with Crippen molar-refractivity contribution in [2.24, 2.45) is 0 Å². The fourth-order valence-corrected chi connectivity index (χ4v) is 0.876. The lowest BCUT2D eigenvalue weighted by Gasteiger charge is -2.01. The Morgan fingerprint density at radius 3 is 2.43 bits per heavy atom. The summed E-state index contributed by atoms with van der Waals surface area (Å²) >= 11 is 0. The molecule has 80 valence electrons. The van der Waals surface area contributed by atoms with E-state index >= 15 is 0 Å². The first-order valence-electron chi connectivity index (χ1n) is 3.46. The zero-order valence-corrected chi connectivity index (χ0v) is 8.19. The minimum Gasteiger partial charge on any atom is -0.385 e. The maximum atomic E-state index is 10.8. The van der Waals surface area contributed by atoms with Gasteiger partial charge in [0, 0.05) is 5.57 Å². The fourth-order valence-electron chi connectivity index (χ4n) is 0.554. The van der Waals surface area contributed by atoms with Crippen molar-refractivity contribution in [2.75, 3.05) is 0 Å². The van der Waals surface area contributed by atoms with E-state index in [1.54, 1.807) is 0 Å². The molecule has 0 fully saturated rings. The van der Waals surface area contributed by atoms with E-state index in [4.69, 9.17) is 9.66 Å². The van der Waals surface area contributed by atoms with Crippen molar-refractivity contribution in [1.29, 1.82) is 0 Å². The second kappa shape index (κ2) is 4.89. The molecule has 0 aliphatic rings. The van der Waals surface area contributed by atoms with Crippen LogP contribution in [0.2, 0.25) is 0 Å². The Hall–Kier alpha value is -1.18. The van der Waals surface area contributed by atoms with Gasteiger partial charge in [-0.05, 0) is 13.0 Å². The Morgan fingerprint density at radius 2 is 2.07 bits per heavy atom. The summed E-state index contributed by atoms with van der Waals surface area (Å²) in [4.78, 5) is 10.8. The number of carbonyl (C=O) groups excluding carboxylic acids is 1. The molecule has 1 unspecified atom stereocenters. The zero-order chi connectivity index (χ0) is 11.4. The van der Waals surface area contributed by atoms with E-state index < -0.39 is 22.5 Å². The topological polar surface area (TPSA) is 101 Å². The van der Waals surface area contributed by atoms with Gasteiger partial charge in [-0.1, -0.05) is 6.08 Å². The van der Waals surface area contributed by atoms with Gasteiger partial charge in [0.2, 0.25) is 0 Å². The SMILES string of the molecule is C=CC(O)C=C(C)C(=O)OS(=O)(=O)O. The van der Waals surface area contributed by atoms with E-state index in [0.29, 0.717) is 0 Å². The summed E-state index contributed by atoms with van der Waals surface area (Å²) in [5.74, 6) is -1.26. The van der Waals surface area contributed by atoms with Gasteiger partial charge >= 0.3 is 16.4 Å². The van der Waals surface area contributed by atoms with E-state index in [1.807, 2.05) is 0 Å². The minimum atomic E-state index is -4.81. The van der Waals surface area contributed by atoms with Crippen molar-refractivity contribution in [3.63, 3.8) is 0 Å². The predicted octanol–water partition coefficient (Wildman–Crippen LogP) is -0.174. The van der Waals surface area contributed by atoms with Gasteiger partial charge in [-0.3, -0.25) is 4.55 Å². The standard InChI is InChI=1S/C7H10O6S/c1-3-6(8)4-5(2)7(9)13-14(10,11)12/h3-4,6,8H,1H2,2H3,(H,10,11,12). The second-order valence-electron chi connectivity index (χ2n) is 2.37. The third-order valence-electron chi connectivity index (χ3n) is 1.17. The maximum Gasteiger partial charge on any atom is 0.449 e. The molecule has 0 rings (SSSR count). The lowest BCUT2D eigenvalue weighted by atomic mass is 10.2. The summed E-state index contributed by atoms with van der Waals surface area (Å²) in [5.41, 5.74) is -0.157. The molecule has 14 heavy (non-hydrogen) atoms. The summed E-state index contributed by atoms with van der Waals surface area (Å²) in [6.45, 7) is 4.46. The van der Waals surface area contributed by atoms with Crippen LogP contribution in [-0.2, 0) is 19.4 Å². The molecule has 0 saturated carbocycles. The second-order valence-corrected chi connectivity index (χ2v) is 3.40. The van der Waals surface area contributed by atoms with Crippen LogP contribution in [-0.4, -0.2) is 30.2 Å². The van der Waals surface area contributed by atoms with Crippen LogP contribution in [0.3, 0.4) is 0 Å². The highest BCUT2D eigenvalue weighted by Gasteiger charge is 2.15. The highest BCUT2D eigenvalue weighted by atomic mass is 32.3. The number of hydrogen-bond donors (Lipinski definition) is 2. The van der Waals surface area contributed by atoms with Crippen molar-refractivity contribution < 1.29 is 27.1 Å². The minimum absolute atomic E-state index is 0.157. The molecule has 0 bridgehead atoms. The largest absolute Gasteiger partial charge is 0.449 e. The first kappa shape index (κ1) is 12.8. The maximum absolute atomic E-state index is 10.8. The molecule has 0 aromatic rings. The van der Waals surface area contributed by atoms with Crippen LogP contribution in [0.4, 0.5) is 0 Å². The lowest BCUT2D eigenvalue weighted by molar-refractivity contribution is -0.130. The van der Waals surface area contributed by atoms with Gasteiger partial charge in [0.05, 0.1) is 6.10 Å². The number of rotatable bonds is 4. The van der Waals surface area contributed by atoms with E-state index in [2.05, 4.69) is 10.8 Å². The molecular weight excluding hydrogens is 212 g/mol. The van der Waals surface area contributed by atoms with E-state index in [1.165, 1.54) is 6.92 Å². The molecule has 6 nitrogen and oxygen atoms in total. The van der Waals surface area contributed by atoms with Crippen molar-refractivity contribution in [3.8, 4) is 0 Å². The van der Waals surface area contributed by atoms with Crippen LogP contribution in [0.15, 0.2) is 24.3 Å². The fraction of sp³-hybridized carbons (Fsp3) is 0.286. The summed E-state index contributed by atoms with van der Waals surface area (Å²) in [7, 11) is -4.81. The van der Waals surface area contributed by atoms with Crippen molar-refractivity contribution >= 4 is 16.4 Å². The van der Waals surface area contributed by atoms with Crippen LogP contribution < -0.4 is 0 Å². The molecule has 0 aromatic carbocycles. The summed E-state index contributed by atoms with van der Waals surface area (Å²) in [5, 5.41) is 8.96. The van der Waals surface area contributed by atoms with E-state index in [0.717, 1.165) is 12.2 Å². The first-order valence-corrected chi connectivity index (χ1v) is 4.83. The first-order chi connectivity index (χ1) is 6.26. The molecule has 1 atom stereocenters. The van der Waals surface area contributed by atoms with Crippen LogP contribution in [0.1, 0.15) is 6.92 Å². The Bertz CT molecular complexity index is 352. The Labute approximate surface area is 81.5 Å². The predicted molar refractivity (Wildman–Crippen MR) is 47.6 cm³/mol. The third kappa shape index (κ3) is 5.46. The smallest absolute Gasteiger partial charge is 0.385 e. The van der Waals surface area contributed by atoms with Crippen LogP contribution in [0, 0.1) is 0 Å². The van der Waals surface area contributed by atoms with Gasteiger partial charge in [-0.25, -0.2) is 4.79 Å². The van der Waals surface area contributed by atoms with E-state index in [9.17, 15) is 13.2 Å². The lowest BCUT2D eigenvalue weighted by Crippen LogP contribution is -2.13. The van der Waals surface area contributed by atoms with Crippen molar-refractivity contribution in [1.82, 2.24) is 0 Å². The molecule has 0 amide bonds. The highest BCUT2D eigenvalue weighted by Crippen LogP contribution is 2.02. The quantitative estimate of drug-likeness (QED) is 0.389. The normalized spacial score (nSPS) is 14.6. The summed E-state index contributed by atoms with van der Waals surface area (Å²) in [6, 6.07) is 0. The number of aliphatic hydroxyl groups is 1. The van der Waals surface area contributed by atoms with Crippen LogP contribution >= 0.6 is 0 Å². The third-order valence-corrected chi connectivity index (χ3v) is 1.53. The molecule has 0 aromatic heterocycles. The van der Waals surface area contributed by atoms with Gasteiger partial charge in [0.1, 0.15) is 0 Å². The van der Waals surface area contributed by atoms with Crippen molar-refractivity contribution in [3.05, 3.63) is 24.3 Å². The summed E-state index contributed by atoms with van der Waals surface area (Å²) < 4.78 is 32.0. The molecule has 0 radical (unpaired) electrons. The van der Waals surface area contributed by atoms with Crippen LogP contribution in [0.25, 0.3) is 0 Å². The molecule has 0 aliphatic heterocycles. The van der Waals surface area contributed by atoms with E-state index in [-0.39, 0.29) is 5.57 Å². The van der Waals surface area contributed by atoms with Crippen molar-refractivity contribution in [2.45, 2.75) is 13.0 Å². The molecule has 0 aliphatic carbocycles. The number of hydrogen-bond acceptors (Lipinski definition) is 5. The van der Waals surface area contributed by atoms with Gasteiger partial charge in [0.15, 0.2) is 0 Å². The molecule has 0 heterocycles. The average Bonchev–Trinajstić information content (AvgIpc) is 2.00. The van der Waals surface area contributed by atoms with Gasteiger partial charge in [-0.15, -0.1) is 6.58 Å².